The Morgan fingerprint density at radius 1 is 0.203 bits per heavy atom. The van der Waals surface area contributed by atoms with Crippen LogP contribution >= 0.6 is 0 Å². The molecule has 0 aliphatic rings. The van der Waals surface area contributed by atoms with Crippen LogP contribution in [0, 0.1) is 80.8 Å². The molecule has 0 bridgehead atoms. The maximum atomic E-state index is 11.8. The third-order valence-corrected chi connectivity index (χ3v) is 19.2. The second kappa shape index (κ2) is 83.8. The van der Waals surface area contributed by atoms with Gasteiger partial charge in [0.1, 0.15) is 0 Å². The fraction of sp³-hybridized carbons (Fsp3) is 1.00. The van der Waals surface area contributed by atoms with E-state index in [1.165, 1.54) is 86.0 Å². The summed E-state index contributed by atoms with van der Waals surface area (Å²) in [6.45, 7) is 66.5. The fourth-order valence-electron chi connectivity index (χ4n) is 5.97. The van der Waals surface area contributed by atoms with Crippen LogP contribution in [0.5, 0.6) is 0 Å². The van der Waals surface area contributed by atoms with E-state index >= 15 is 0 Å². The molecule has 0 fully saturated rings. The third kappa shape index (κ3) is 152. The molecular weight excluding hydrogens is 1870 g/mol. The van der Waals surface area contributed by atoms with Crippen molar-refractivity contribution in [2.75, 3.05) is 0 Å². The van der Waals surface area contributed by atoms with Crippen molar-refractivity contribution in [3.8, 4) is 0 Å². The molecule has 1 unspecified atom stereocenters. The lowest BCUT2D eigenvalue weighted by Crippen LogP contribution is -2.44. The zero-order valence-electron chi connectivity index (χ0n) is 87.2. The molecule has 0 saturated heterocycles. The van der Waals surface area contributed by atoms with Crippen molar-refractivity contribution in [1.29, 1.82) is 0 Å². The Bertz CT molecular complexity index is 2260. The van der Waals surface area contributed by atoms with Gasteiger partial charge in [0.05, 0.1) is 29.1 Å². The van der Waals surface area contributed by atoms with Crippen molar-refractivity contribution in [3.63, 3.8) is 0 Å². The van der Waals surface area contributed by atoms with Crippen molar-refractivity contribution < 1.29 is 171 Å². The molecule has 0 aromatic rings. The van der Waals surface area contributed by atoms with Gasteiger partial charge in [-0.15, -0.1) is 0 Å². The molecule has 0 N–H and O–H groups in total. The average Bonchev–Trinajstić information content (AvgIpc) is 0.789. The Hall–Kier alpha value is -2.73. The van der Waals surface area contributed by atoms with Gasteiger partial charge in [0, 0.05) is 25.7 Å². The predicted molar refractivity (Wildman–Crippen MR) is 472 cm³/mol. The van der Waals surface area contributed by atoms with Gasteiger partial charge in [-0.05, 0) is 99.2 Å². The molecule has 0 aliphatic carbocycles. The Kier molecular flexibility index (Phi) is 105. The van der Waals surface area contributed by atoms with Gasteiger partial charge in [-0.2, -0.15) is 171 Å². The van der Waals surface area contributed by atoms with Gasteiger partial charge < -0.3 is 0 Å². The minimum absolute atomic E-state index is 0.104. The van der Waals surface area contributed by atoms with E-state index in [0.29, 0.717) is 42.9 Å². The highest BCUT2D eigenvalue weighted by Gasteiger charge is 2.64. The summed E-state index contributed by atoms with van der Waals surface area (Å²) in [5, 5.41) is 0. The van der Waals surface area contributed by atoms with Gasteiger partial charge in [0.2, 0.25) is 0 Å². The fourth-order valence-corrected chi connectivity index (χ4v) is 5.97. The number of hydrogen-bond acceptors (Lipinski definition) is 0. The van der Waals surface area contributed by atoms with E-state index in [-0.39, 0.29) is 58.3 Å². The van der Waals surface area contributed by atoms with Gasteiger partial charge in [-0.25, -0.2) is 0 Å². The summed E-state index contributed by atoms with van der Waals surface area (Å²) in [6.07, 6.45) is -43.4. The molecule has 0 nitrogen and oxygen atoms in total. The van der Waals surface area contributed by atoms with Crippen LogP contribution in [0.25, 0.3) is 0 Å². The molecule has 39 heteroatoms. The first kappa shape index (κ1) is 167. The highest BCUT2D eigenvalue weighted by molar-refractivity contribution is 4.84. The number of hydrogen-bond donors (Lipinski definition) is 0. The maximum absolute atomic E-state index is 11.8. The van der Waals surface area contributed by atoms with Crippen LogP contribution in [0.3, 0.4) is 0 Å². The van der Waals surface area contributed by atoms with Crippen molar-refractivity contribution in [2.45, 2.75) is 529 Å². The van der Waals surface area contributed by atoms with Crippen molar-refractivity contribution in [1.82, 2.24) is 0 Å². The smallest absolute Gasteiger partial charge is 0.171 e. The first-order chi connectivity index (χ1) is 58.3. The largest absolute Gasteiger partial charge is 0.402 e. The first-order valence-electron chi connectivity index (χ1n) is 46.2. The van der Waals surface area contributed by atoms with E-state index in [9.17, 15) is 171 Å². The van der Waals surface area contributed by atoms with Crippen LogP contribution in [-0.2, 0) is 0 Å². The van der Waals surface area contributed by atoms with Gasteiger partial charge in [0.15, 0.2) is 11.3 Å². The zero-order chi connectivity index (χ0) is 111. The predicted octanol–water partition coefficient (Wildman–Crippen LogP) is 45.6. The van der Waals surface area contributed by atoms with E-state index in [0.717, 1.165) is 83.5 Å². The minimum Gasteiger partial charge on any atom is -0.171 e. The highest BCUT2D eigenvalue weighted by Crippen LogP contribution is 2.50. The molecule has 0 radical (unpaired) electrons. The standard InChI is InChI=1S/3C7H13F3.2C6H8F6.2C6H11F3.4C6H14.C5H6F6.2C5H9F3.2C5H12/c1-3-4-6(2)5-7(8,9)10;1-3-4-5-6(2)7(8,9)10;1-2-3-4-5-6-7(8,9)10;1-4(6(10,11)12)2-3-5(7,8)9;1-2-3-4(5(7,8)9)6(10,11)12;1-3-4-5(2)6(7,8)9;1-2-3-4-5-6(7,8)9;2*1-5-6(2,3)4;1-5(2)6(3)4;1-4-6(3)5-2;1-3(2,4(6,7)8)5(9,10)11;1-4(2,3)5(6,7)8;1-3-4(2)5(6,7)8;1-4-5(2)3;1-3-5-4-2/h2*6H,3-5H2,1-2H3;2-6H2,1H3;2*4H,2-3H2,1H3;5H,3-4H2,1-2H3;2-5H2,1H3;2*5H2,1-4H3;5-6H,1-4H3;6H,4-5H2,1-3H3;1-2H3;1-3H3;4H,3H2,1-2H3;5H,4H2,1-3H3;3-5H2,1-2H3/t2*6-;;4-;;5-;;;;;;;;;;/m00.0.0........../s1. The molecule has 133 heavy (non-hydrogen) atoms. The molecule has 830 valence electrons. The summed E-state index contributed by atoms with van der Waals surface area (Å²) in [4.78, 5) is 0. The number of unbranched alkanes of at least 4 members (excludes halogenated alkanes) is 8. The Morgan fingerprint density at radius 3 is 0.571 bits per heavy atom. The molecule has 0 heterocycles. The maximum Gasteiger partial charge on any atom is 0.402 e. The summed E-state index contributed by atoms with van der Waals surface area (Å²) in [5.41, 5.74) is -4.10. The van der Waals surface area contributed by atoms with E-state index in [1.807, 2.05) is 27.7 Å². The monoisotopic (exact) mass is 2050 g/mol. The first-order valence-corrected chi connectivity index (χ1v) is 46.2. The second-order valence-corrected chi connectivity index (χ2v) is 37.7. The lowest BCUT2D eigenvalue weighted by atomic mass is 9.92. The second-order valence-electron chi connectivity index (χ2n) is 37.7. The quantitative estimate of drug-likeness (QED) is 0.0598. The number of alkyl halides is 39. The van der Waals surface area contributed by atoms with Gasteiger partial charge in [-0.3, -0.25) is 0 Å². The van der Waals surface area contributed by atoms with Crippen LogP contribution in [-0.4, -0.2) is 80.3 Å². The Labute approximate surface area is 778 Å². The molecule has 0 spiro atoms. The van der Waals surface area contributed by atoms with Gasteiger partial charge >= 0.3 is 80.3 Å². The molecular formula is C94H181F39. The van der Waals surface area contributed by atoms with Gasteiger partial charge in [0.25, 0.3) is 0 Å². The molecule has 0 aliphatic heterocycles. The molecule has 5 atom stereocenters. The summed E-state index contributed by atoms with van der Waals surface area (Å²) in [7, 11) is 0. The van der Waals surface area contributed by atoms with Crippen LogP contribution in [0.4, 0.5) is 171 Å². The minimum atomic E-state index is -5.24. The van der Waals surface area contributed by atoms with E-state index in [4.69, 9.17) is 0 Å². The zero-order valence-corrected chi connectivity index (χ0v) is 87.2. The summed E-state index contributed by atoms with van der Waals surface area (Å²) in [5.74, 6) is -5.17. The molecule has 0 aromatic heterocycles. The number of halogens is 39. The van der Waals surface area contributed by atoms with E-state index < -0.39 is 159 Å². The summed E-state index contributed by atoms with van der Waals surface area (Å²) >= 11 is 0. The third-order valence-electron chi connectivity index (χ3n) is 19.2. The van der Waals surface area contributed by atoms with Crippen LogP contribution < -0.4 is 0 Å². The summed E-state index contributed by atoms with van der Waals surface area (Å²) in [6, 6.07) is 0. The number of rotatable bonds is 26. The molecule has 0 rings (SSSR count). The van der Waals surface area contributed by atoms with E-state index in [1.54, 1.807) is 13.8 Å². The molecule has 0 saturated carbocycles. The van der Waals surface area contributed by atoms with Crippen molar-refractivity contribution >= 4 is 0 Å². The van der Waals surface area contributed by atoms with Crippen LogP contribution in [0.1, 0.15) is 449 Å². The van der Waals surface area contributed by atoms with Crippen molar-refractivity contribution in [3.05, 3.63) is 0 Å². The average molecular weight is 2050 g/mol. The normalized spacial score (nSPS) is 13.6. The lowest BCUT2D eigenvalue weighted by Gasteiger charge is -2.29. The Morgan fingerprint density at radius 2 is 0.444 bits per heavy atom. The van der Waals surface area contributed by atoms with Crippen LogP contribution in [0.2, 0.25) is 0 Å². The van der Waals surface area contributed by atoms with Gasteiger partial charge in [-0.1, -0.05) is 364 Å². The van der Waals surface area contributed by atoms with Crippen LogP contribution in [0.15, 0.2) is 0 Å². The SMILES string of the molecule is CC(C)(C(F)(F)F)C(F)(F)F.CC(C)(C)C(F)(F)F.CC(C)C(C)C.CCC(C)(C)C.CCC(C)(C)C.CCC(C)C.CCC(C)C(F)(F)F.CCC(C)CC.CCCC(C(F)(F)F)C(F)(F)F.CCCCC.CCCCCC(F)(F)F.CCCCCCC(F)(F)F.CCCC[C@H](C)C(F)(F)F.CCC[C@H](C)C(F)(F)F.CCC[C@H](C)CC(F)(F)F.C[C@@H](CCC(F)(F)F)C(F)(F)F. The highest BCUT2D eigenvalue weighted by atomic mass is 19.5. The lowest BCUT2D eigenvalue weighted by molar-refractivity contribution is -0.327. The molecule has 0 aromatic carbocycles. The Balaban J connectivity index is -0.0000000789. The van der Waals surface area contributed by atoms with Crippen molar-refractivity contribution in [2.24, 2.45) is 80.8 Å². The van der Waals surface area contributed by atoms with E-state index in [2.05, 4.69) is 138 Å². The topological polar surface area (TPSA) is 0 Å². The molecule has 0 amide bonds. The summed E-state index contributed by atoms with van der Waals surface area (Å²) < 4.78 is 452.